The minimum atomic E-state index is -0.299. The summed E-state index contributed by atoms with van der Waals surface area (Å²) in [5.74, 6) is 1.32. The molecule has 5 heteroatoms. The van der Waals surface area contributed by atoms with Gasteiger partial charge in [-0.05, 0) is 59.7 Å². The minimum Gasteiger partial charge on any atom is -0.497 e. The molecule has 0 spiro atoms. The van der Waals surface area contributed by atoms with Gasteiger partial charge >= 0.3 is 0 Å². The number of ether oxygens (including phenoxy) is 2. The van der Waals surface area contributed by atoms with Crippen molar-refractivity contribution in [3.05, 3.63) is 126 Å². The number of rotatable bonds is 9. The molecule has 1 N–H and O–H groups in total. The average Bonchev–Trinajstić information content (AvgIpc) is 2.96. The Kier molecular flexibility index (Phi) is 7.22. The van der Waals surface area contributed by atoms with E-state index in [1.54, 1.807) is 14.2 Å². The van der Waals surface area contributed by atoms with Gasteiger partial charge in [0.05, 0.1) is 32.2 Å². The Morgan fingerprint density at radius 2 is 1.32 bits per heavy atom. The molecule has 186 valence electrons. The van der Waals surface area contributed by atoms with Gasteiger partial charge in [0.2, 0.25) is 5.91 Å². The molecule has 1 aliphatic heterocycles. The maximum Gasteiger partial charge on any atom is 0.235 e. The lowest BCUT2D eigenvalue weighted by atomic mass is 9.76. The molecule has 1 aliphatic rings. The summed E-state index contributed by atoms with van der Waals surface area (Å²) in [4.78, 5) is 15.7. The monoisotopic (exact) mass is 490 g/mol. The topological polar surface area (TPSA) is 50.8 Å². The Morgan fingerprint density at radius 3 is 1.92 bits per heavy atom. The summed E-state index contributed by atoms with van der Waals surface area (Å²) >= 11 is 0. The largest absolute Gasteiger partial charge is 0.497 e. The van der Waals surface area contributed by atoms with Crippen LogP contribution >= 0.6 is 0 Å². The van der Waals surface area contributed by atoms with Crippen molar-refractivity contribution in [1.29, 1.82) is 0 Å². The fraction of sp³-hybridized carbons (Fsp3) is 0.156. The number of nitrogens with zero attached hydrogens (tertiary/aromatic N) is 1. The smallest absolute Gasteiger partial charge is 0.235 e. The zero-order valence-electron chi connectivity index (χ0n) is 21.0. The number of amides is 1. The van der Waals surface area contributed by atoms with Gasteiger partial charge in [-0.3, -0.25) is 4.79 Å². The summed E-state index contributed by atoms with van der Waals surface area (Å²) in [7, 11) is 3.29. The average molecular weight is 491 g/mol. The van der Waals surface area contributed by atoms with Gasteiger partial charge in [0.25, 0.3) is 0 Å². The number of benzene rings is 4. The van der Waals surface area contributed by atoms with Crippen LogP contribution in [0.1, 0.15) is 17.2 Å². The fourth-order valence-electron chi connectivity index (χ4n) is 4.81. The highest BCUT2D eigenvalue weighted by atomic mass is 16.5. The second-order valence-electron chi connectivity index (χ2n) is 8.96. The van der Waals surface area contributed by atoms with Crippen molar-refractivity contribution < 1.29 is 14.3 Å². The first-order valence-electron chi connectivity index (χ1n) is 12.3. The van der Waals surface area contributed by atoms with Crippen LogP contribution in [0.4, 0.5) is 11.4 Å². The highest BCUT2D eigenvalue weighted by molar-refractivity contribution is 6.04. The molecule has 0 radical (unpaired) electrons. The van der Waals surface area contributed by atoms with E-state index in [9.17, 15) is 4.79 Å². The van der Waals surface area contributed by atoms with Crippen LogP contribution in [0.3, 0.4) is 0 Å². The van der Waals surface area contributed by atoms with E-state index in [1.165, 1.54) is 0 Å². The summed E-state index contributed by atoms with van der Waals surface area (Å²) < 4.78 is 10.6. The summed E-state index contributed by atoms with van der Waals surface area (Å²) in [5.41, 5.74) is 3.95. The summed E-state index contributed by atoms with van der Waals surface area (Å²) in [6.45, 7) is 0. The van der Waals surface area contributed by atoms with E-state index in [2.05, 4.69) is 41.7 Å². The molecule has 3 atom stereocenters. The highest BCUT2D eigenvalue weighted by Gasteiger charge is 2.52. The van der Waals surface area contributed by atoms with Crippen LogP contribution in [-0.2, 0) is 4.79 Å². The Bertz CT molecular complexity index is 1340. The SMILES string of the molecule is COc1ccc(NC(/C=C/c2ccccc2)[C@@H]2C(=O)N(c3ccc(OC)cc3)[C@H]2c2ccccc2)cc1. The Labute approximate surface area is 218 Å². The number of hydrogen-bond donors (Lipinski definition) is 1. The van der Waals surface area contributed by atoms with E-state index >= 15 is 0 Å². The Balaban J connectivity index is 1.51. The van der Waals surface area contributed by atoms with Crippen LogP contribution in [0.2, 0.25) is 0 Å². The van der Waals surface area contributed by atoms with Gasteiger partial charge in [-0.1, -0.05) is 72.8 Å². The third-order valence-corrected chi connectivity index (χ3v) is 6.74. The number of nitrogens with one attached hydrogen (secondary N) is 1. The van der Waals surface area contributed by atoms with Crippen molar-refractivity contribution in [1.82, 2.24) is 0 Å². The Morgan fingerprint density at radius 1 is 0.757 bits per heavy atom. The quantitative estimate of drug-likeness (QED) is 0.269. The first kappa shape index (κ1) is 24.2. The molecule has 5 nitrogen and oxygen atoms in total. The maximum absolute atomic E-state index is 13.8. The molecule has 0 aliphatic carbocycles. The van der Waals surface area contributed by atoms with E-state index in [1.807, 2.05) is 89.8 Å². The van der Waals surface area contributed by atoms with Crippen LogP contribution in [0.15, 0.2) is 115 Å². The van der Waals surface area contributed by atoms with Gasteiger partial charge in [-0.15, -0.1) is 0 Å². The molecule has 1 heterocycles. The molecular formula is C32H30N2O3. The van der Waals surface area contributed by atoms with E-state index in [-0.39, 0.29) is 23.9 Å². The van der Waals surface area contributed by atoms with E-state index < -0.39 is 0 Å². The third-order valence-electron chi connectivity index (χ3n) is 6.74. The molecule has 0 aromatic heterocycles. The number of hydrogen-bond acceptors (Lipinski definition) is 4. The summed E-state index contributed by atoms with van der Waals surface area (Å²) in [6.07, 6.45) is 4.18. The summed E-state index contributed by atoms with van der Waals surface area (Å²) in [6, 6.07) is 35.4. The third kappa shape index (κ3) is 5.21. The van der Waals surface area contributed by atoms with Crippen LogP contribution in [0.5, 0.6) is 11.5 Å². The van der Waals surface area contributed by atoms with Crippen molar-refractivity contribution in [3.8, 4) is 11.5 Å². The van der Waals surface area contributed by atoms with Crippen LogP contribution < -0.4 is 19.7 Å². The first-order chi connectivity index (χ1) is 18.2. The lowest BCUT2D eigenvalue weighted by Crippen LogP contribution is -2.60. The van der Waals surface area contributed by atoms with Gasteiger partial charge < -0.3 is 19.7 Å². The van der Waals surface area contributed by atoms with Gasteiger partial charge in [-0.25, -0.2) is 0 Å². The maximum atomic E-state index is 13.8. The molecular weight excluding hydrogens is 460 g/mol. The molecule has 1 amide bonds. The minimum absolute atomic E-state index is 0.0720. The Hall–Kier alpha value is -4.51. The molecule has 1 saturated heterocycles. The molecule has 1 fully saturated rings. The summed E-state index contributed by atoms with van der Waals surface area (Å²) in [5, 5.41) is 3.61. The predicted octanol–water partition coefficient (Wildman–Crippen LogP) is 6.60. The normalized spacial score (nSPS) is 17.8. The van der Waals surface area contributed by atoms with Crippen molar-refractivity contribution in [2.24, 2.45) is 5.92 Å². The lowest BCUT2D eigenvalue weighted by molar-refractivity contribution is -0.130. The van der Waals surface area contributed by atoms with Crippen molar-refractivity contribution in [2.75, 3.05) is 24.4 Å². The van der Waals surface area contributed by atoms with Crippen molar-refractivity contribution in [2.45, 2.75) is 12.1 Å². The molecule has 4 aromatic rings. The van der Waals surface area contributed by atoms with Crippen LogP contribution in [-0.4, -0.2) is 26.2 Å². The molecule has 5 rings (SSSR count). The fourth-order valence-corrected chi connectivity index (χ4v) is 4.81. The second kappa shape index (κ2) is 11.0. The predicted molar refractivity (Wildman–Crippen MR) is 149 cm³/mol. The van der Waals surface area contributed by atoms with E-state index in [0.29, 0.717) is 0 Å². The molecule has 1 unspecified atom stereocenters. The number of carbonyl (C=O) groups is 1. The lowest BCUT2D eigenvalue weighted by Gasteiger charge is -2.50. The zero-order valence-corrected chi connectivity index (χ0v) is 21.0. The zero-order chi connectivity index (χ0) is 25.6. The number of methoxy groups -OCH3 is 2. The molecule has 0 bridgehead atoms. The molecule has 0 saturated carbocycles. The first-order valence-corrected chi connectivity index (χ1v) is 12.3. The second-order valence-corrected chi connectivity index (χ2v) is 8.96. The van der Waals surface area contributed by atoms with E-state index in [4.69, 9.17) is 9.47 Å². The van der Waals surface area contributed by atoms with Crippen LogP contribution in [0.25, 0.3) is 6.08 Å². The number of anilines is 2. The standard InChI is InChI=1S/C32H30N2O3/c1-36-27-18-14-25(15-19-27)33-29(22-13-23-9-5-3-6-10-23)30-31(24-11-7-4-8-12-24)34(32(30)35)26-16-20-28(37-2)21-17-26/h3-22,29-31,33H,1-2H3/b22-13+/t29?,30-,31-/m0/s1. The van der Waals surface area contributed by atoms with E-state index in [0.717, 1.165) is 34.0 Å². The van der Waals surface area contributed by atoms with Crippen LogP contribution in [0, 0.1) is 5.92 Å². The van der Waals surface area contributed by atoms with Gasteiger partial charge in [0, 0.05) is 11.4 Å². The number of carbonyl (C=O) groups excluding carboxylic acids is 1. The number of β-lactam (4-membered cyclic amide) rings is 1. The molecule has 4 aromatic carbocycles. The molecule has 37 heavy (non-hydrogen) atoms. The van der Waals surface area contributed by atoms with Crippen molar-refractivity contribution >= 4 is 23.4 Å². The van der Waals surface area contributed by atoms with Crippen molar-refractivity contribution in [3.63, 3.8) is 0 Å². The van der Waals surface area contributed by atoms with Gasteiger partial charge in [-0.2, -0.15) is 0 Å². The highest BCUT2D eigenvalue weighted by Crippen LogP contribution is 2.46. The van der Waals surface area contributed by atoms with Gasteiger partial charge in [0.1, 0.15) is 11.5 Å². The van der Waals surface area contributed by atoms with Gasteiger partial charge in [0.15, 0.2) is 0 Å².